The molecule has 1 aromatic heterocycles. The van der Waals surface area contributed by atoms with Crippen molar-refractivity contribution in [2.75, 3.05) is 0 Å². The maximum Gasteiger partial charge on any atom is 0.271 e. The zero-order valence-electron chi connectivity index (χ0n) is 11.8. The van der Waals surface area contributed by atoms with E-state index >= 15 is 0 Å². The largest absolute Gasteiger partial charge is 0.344 e. The molecule has 2 aromatic rings. The lowest BCUT2D eigenvalue weighted by Crippen LogP contribution is -2.29. The molecule has 1 unspecified atom stereocenters. The van der Waals surface area contributed by atoms with E-state index in [-0.39, 0.29) is 5.91 Å². The normalized spacial score (nSPS) is 12.2. The van der Waals surface area contributed by atoms with Crippen LogP contribution in [0.25, 0.3) is 0 Å². The summed E-state index contributed by atoms with van der Waals surface area (Å²) in [7, 11) is 0. The van der Waals surface area contributed by atoms with Gasteiger partial charge in [-0.05, 0) is 19.4 Å². The van der Waals surface area contributed by atoms with E-state index in [2.05, 4.69) is 10.3 Å². The van der Waals surface area contributed by atoms with E-state index in [0.717, 1.165) is 17.5 Å². The molecule has 0 bridgehead atoms. The summed E-state index contributed by atoms with van der Waals surface area (Å²) >= 11 is 1.38. The van der Waals surface area contributed by atoms with Gasteiger partial charge in [0.25, 0.3) is 5.91 Å². The summed E-state index contributed by atoms with van der Waals surface area (Å²) in [5, 5.41) is 5.22. The standard InChI is InChI=1S/C15H16F2N2OS/c1-3-4-13(11-6-5-10(16)7-12(11)17)19-15(20)14-8-21-9(2)18-14/h5-8,13H,3-4H2,1-2H3,(H,19,20). The summed E-state index contributed by atoms with van der Waals surface area (Å²) in [6, 6.07) is 2.90. The summed E-state index contributed by atoms with van der Waals surface area (Å²) in [5.41, 5.74) is 0.611. The molecule has 0 saturated carbocycles. The second-order valence-corrected chi connectivity index (χ2v) is 5.79. The van der Waals surface area contributed by atoms with Gasteiger partial charge in [0.2, 0.25) is 0 Å². The van der Waals surface area contributed by atoms with Crippen molar-refractivity contribution in [3.63, 3.8) is 0 Å². The van der Waals surface area contributed by atoms with E-state index in [1.807, 2.05) is 13.8 Å². The van der Waals surface area contributed by atoms with Crippen LogP contribution in [-0.2, 0) is 0 Å². The van der Waals surface area contributed by atoms with Gasteiger partial charge in [-0.15, -0.1) is 11.3 Å². The van der Waals surface area contributed by atoms with Gasteiger partial charge in [-0.25, -0.2) is 13.8 Å². The number of aryl methyl sites for hydroxylation is 1. The van der Waals surface area contributed by atoms with Crippen molar-refractivity contribution < 1.29 is 13.6 Å². The highest BCUT2D eigenvalue weighted by atomic mass is 32.1. The Morgan fingerprint density at radius 1 is 1.43 bits per heavy atom. The third-order valence-electron chi connectivity index (χ3n) is 3.07. The van der Waals surface area contributed by atoms with Crippen LogP contribution >= 0.6 is 11.3 Å². The Bertz CT molecular complexity index is 642. The molecule has 1 atom stereocenters. The van der Waals surface area contributed by atoms with Gasteiger partial charge in [0, 0.05) is 17.0 Å². The number of nitrogens with one attached hydrogen (secondary N) is 1. The van der Waals surface area contributed by atoms with Crippen LogP contribution in [0.3, 0.4) is 0 Å². The van der Waals surface area contributed by atoms with Crippen LogP contribution in [-0.4, -0.2) is 10.9 Å². The van der Waals surface area contributed by atoms with E-state index in [9.17, 15) is 13.6 Å². The molecular weight excluding hydrogens is 294 g/mol. The topological polar surface area (TPSA) is 42.0 Å². The first kappa shape index (κ1) is 15.6. The van der Waals surface area contributed by atoms with Gasteiger partial charge in [-0.1, -0.05) is 19.4 Å². The first-order valence-electron chi connectivity index (χ1n) is 6.69. The Hall–Kier alpha value is -1.82. The van der Waals surface area contributed by atoms with Crippen molar-refractivity contribution in [1.82, 2.24) is 10.3 Å². The molecule has 0 aliphatic heterocycles. The lowest BCUT2D eigenvalue weighted by Gasteiger charge is -2.18. The summed E-state index contributed by atoms with van der Waals surface area (Å²) in [5.74, 6) is -1.63. The molecule has 0 aliphatic rings. The molecule has 2 rings (SSSR count). The number of halogens is 2. The maximum atomic E-state index is 13.9. The molecule has 112 valence electrons. The van der Waals surface area contributed by atoms with Gasteiger partial charge in [0.05, 0.1) is 11.0 Å². The lowest BCUT2D eigenvalue weighted by atomic mass is 10.0. The van der Waals surface area contributed by atoms with Crippen molar-refractivity contribution >= 4 is 17.2 Å². The van der Waals surface area contributed by atoms with Crippen molar-refractivity contribution in [2.24, 2.45) is 0 Å². The number of aromatic nitrogens is 1. The molecule has 21 heavy (non-hydrogen) atoms. The fraction of sp³-hybridized carbons (Fsp3) is 0.333. The predicted molar refractivity (Wildman–Crippen MR) is 78.3 cm³/mol. The number of nitrogens with zero attached hydrogens (tertiary/aromatic N) is 1. The lowest BCUT2D eigenvalue weighted by molar-refractivity contribution is 0.0929. The minimum Gasteiger partial charge on any atom is -0.344 e. The highest BCUT2D eigenvalue weighted by Gasteiger charge is 2.20. The fourth-order valence-electron chi connectivity index (χ4n) is 2.08. The zero-order chi connectivity index (χ0) is 15.4. The summed E-state index contributed by atoms with van der Waals surface area (Å²) in [6.45, 7) is 3.75. The van der Waals surface area contributed by atoms with Crippen LogP contribution in [0.1, 0.15) is 46.9 Å². The Kier molecular flexibility index (Phi) is 5.01. The monoisotopic (exact) mass is 310 g/mol. The van der Waals surface area contributed by atoms with Gasteiger partial charge >= 0.3 is 0 Å². The third-order valence-corrected chi connectivity index (χ3v) is 3.85. The SMILES string of the molecule is CCCC(NC(=O)c1csc(C)n1)c1ccc(F)cc1F. The van der Waals surface area contributed by atoms with Crippen LogP contribution in [0.2, 0.25) is 0 Å². The van der Waals surface area contributed by atoms with Crippen LogP contribution in [0.15, 0.2) is 23.6 Å². The number of rotatable bonds is 5. The number of carbonyl (C=O) groups excluding carboxylic acids is 1. The molecule has 0 radical (unpaired) electrons. The molecule has 3 nitrogen and oxygen atoms in total. The van der Waals surface area contributed by atoms with Crippen LogP contribution in [0.5, 0.6) is 0 Å². The highest BCUT2D eigenvalue weighted by Crippen LogP contribution is 2.23. The van der Waals surface area contributed by atoms with Crippen molar-refractivity contribution in [3.05, 3.63) is 51.5 Å². The maximum absolute atomic E-state index is 13.9. The molecule has 0 saturated heterocycles. The zero-order valence-corrected chi connectivity index (χ0v) is 12.6. The van der Waals surface area contributed by atoms with Crippen molar-refractivity contribution in [3.8, 4) is 0 Å². The number of hydrogen-bond donors (Lipinski definition) is 1. The Morgan fingerprint density at radius 2 is 2.19 bits per heavy atom. The highest BCUT2D eigenvalue weighted by molar-refractivity contribution is 7.09. The molecule has 1 heterocycles. The van der Waals surface area contributed by atoms with E-state index in [1.54, 1.807) is 5.38 Å². The summed E-state index contributed by atoms with van der Waals surface area (Å²) in [6.07, 6.45) is 1.33. The first-order chi connectivity index (χ1) is 10.0. The number of amides is 1. The molecule has 1 amide bonds. The minimum atomic E-state index is -0.650. The van der Waals surface area contributed by atoms with E-state index in [1.165, 1.54) is 23.5 Å². The number of benzene rings is 1. The molecule has 1 N–H and O–H groups in total. The third kappa shape index (κ3) is 3.85. The Labute approximate surface area is 126 Å². The van der Waals surface area contributed by atoms with Gasteiger partial charge in [0.1, 0.15) is 17.3 Å². The van der Waals surface area contributed by atoms with Gasteiger partial charge in [0.15, 0.2) is 0 Å². The van der Waals surface area contributed by atoms with E-state index < -0.39 is 17.7 Å². The average molecular weight is 310 g/mol. The van der Waals surface area contributed by atoms with Crippen molar-refractivity contribution in [2.45, 2.75) is 32.7 Å². The Balaban J connectivity index is 2.20. The second kappa shape index (κ2) is 6.76. The molecule has 0 fully saturated rings. The minimum absolute atomic E-state index is 0.290. The van der Waals surface area contributed by atoms with Crippen LogP contribution in [0, 0.1) is 18.6 Å². The van der Waals surface area contributed by atoms with Crippen LogP contribution < -0.4 is 5.32 Å². The molecule has 0 aliphatic carbocycles. The summed E-state index contributed by atoms with van der Waals surface area (Å²) in [4.78, 5) is 16.2. The number of thiazole rings is 1. The van der Waals surface area contributed by atoms with E-state index in [0.29, 0.717) is 17.7 Å². The first-order valence-corrected chi connectivity index (χ1v) is 7.57. The fourth-order valence-corrected chi connectivity index (χ4v) is 2.67. The number of hydrogen-bond acceptors (Lipinski definition) is 3. The molecule has 1 aromatic carbocycles. The average Bonchev–Trinajstić information content (AvgIpc) is 2.85. The summed E-state index contributed by atoms with van der Waals surface area (Å²) < 4.78 is 26.9. The molecular formula is C15H16F2N2OS. The molecule has 0 spiro atoms. The number of carbonyl (C=O) groups is 1. The van der Waals surface area contributed by atoms with Crippen LogP contribution in [0.4, 0.5) is 8.78 Å². The Morgan fingerprint density at radius 3 is 2.76 bits per heavy atom. The van der Waals surface area contributed by atoms with Crippen molar-refractivity contribution in [1.29, 1.82) is 0 Å². The van der Waals surface area contributed by atoms with E-state index in [4.69, 9.17) is 0 Å². The van der Waals surface area contributed by atoms with Gasteiger partial charge in [-0.2, -0.15) is 0 Å². The second-order valence-electron chi connectivity index (χ2n) is 4.73. The quantitative estimate of drug-likeness (QED) is 0.907. The van der Waals surface area contributed by atoms with Gasteiger partial charge in [-0.3, -0.25) is 4.79 Å². The smallest absolute Gasteiger partial charge is 0.271 e. The molecule has 6 heteroatoms. The predicted octanol–water partition coefficient (Wildman–Crippen LogP) is 4.00. The van der Waals surface area contributed by atoms with Gasteiger partial charge < -0.3 is 5.32 Å².